The molecular formula is C17H16ClF4N5O2. The number of hydrogen-bond donors (Lipinski definition) is 0. The summed E-state index contributed by atoms with van der Waals surface area (Å²) in [5.41, 5.74) is -0.397. The summed E-state index contributed by atoms with van der Waals surface area (Å²) >= 11 is 5.77. The molecule has 4 heterocycles. The number of nitrogens with zero attached hydrogens (tertiary/aromatic N) is 5. The van der Waals surface area contributed by atoms with E-state index in [0.717, 1.165) is 14.1 Å². The van der Waals surface area contributed by atoms with Gasteiger partial charge in [-0.3, -0.25) is 14.3 Å². The molecule has 0 aromatic carbocycles. The quantitative estimate of drug-likeness (QED) is 0.694. The molecular weight excluding hydrogens is 418 g/mol. The molecule has 2 aliphatic rings. The molecule has 1 saturated heterocycles. The molecule has 2 aromatic heterocycles. The third-order valence-corrected chi connectivity index (χ3v) is 5.43. The molecule has 0 bridgehead atoms. The van der Waals surface area contributed by atoms with Crippen LogP contribution in [-0.4, -0.2) is 55.6 Å². The third kappa shape index (κ3) is 3.63. The summed E-state index contributed by atoms with van der Waals surface area (Å²) in [7, 11) is 0. The molecule has 1 amide bonds. The Kier molecular flexibility index (Phi) is 4.88. The topological polar surface area (TPSA) is 73.0 Å². The minimum atomic E-state index is -4.68. The van der Waals surface area contributed by atoms with Gasteiger partial charge in [0.15, 0.2) is 0 Å². The van der Waals surface area contributed by atoms with Gasteiger partial charge in [0.05, 0.1) is 36.3 Å². The van der Waals surface area contributed by atoms with Crippen LogP contribution in [0.15, 0.2) is 23.1 Å². The zero-order chi connectivity index (χ0) is 20.9. The van der Waals surface area contributed by atoms with Crippen molar-refractivity contribution in [3.63, 3.8) is 0 Å². The van der Waals surface area contributed by atoms with E-state index >= 15 is 0 Å². The molecule has 1 fully saturated rings. The number of pyridine rings is 1. The second-order valence-corrected chi connectivity index (χ2v) is 7.60. The van der Waals surface area contributed by atoms with Crippen LogP contribution in [0.1, 0.15) is 24.0 Å². The first-order valence-corrected chi connectivity index (χ1v) is 9.31. The molecule has 7 nitrogen and oxygen atoms in total. The van der Waals surface area contributed by atoms with Gasteiger partial charge in [0.1, 0.15) is 18.0 Å². The molecule has 0 saturated carbocycles. The highest BCUT2D eigenvalue weighted by Crippen LogP contribution is 2.42. The van der Waals surface area contributed by atoms with E-state index in [4.69, 9.17) is 11.6 Å². The average Bonchev–Trinajstić information content (AvgIpc) is 2.95. The van der Waals surface area contributed by atoms with Crippen molar-refractivity contribution < 1.29 is 22.4 Å². The van der Waals surface area contributed by atoms with E-state index in [1.807, 2.05) is 0 Å². The van der Waals surface area contributed by atoms with Gasteiger partial charge in [-0.1, -0.05) is 11.6 Å². The first-order chi connectivity index (χ1) is 13.6. The van der Waals surface area contributed by atoms with Crippen LogP contribution < -0.4 is 5.69 Å². The van der Waals surface area contributed by atoms with Crippen molar-refractivity contribution in [1.82, 2.24) is 24.2 Å². The van der Waals surface area contributed by atoms with Crippen LogP contribution in [0.3, 0.4) is 0 Å². The number of aryl methyl sites for hydroxylation is 1. The second-order valence-electron chi connectivity index (χ2n) is 7.17. The van der Waals surface area contributed by atoms with Crippen LogP contribution >= 0.6 is 11.6 Å². The fourth-order valence-electron chi connectivity index (χ4n) is 3.71. The van der Waals surface area contributed by atoms with Crippen LogP contribution in [0, 0.1) is 5.92 Å². The van der Waals surface area contributed by atoms with Gasteiger partial charge in [0.25, 0.3) is 0 Å². The van der Waals surface area contributed by atoms with Crippen LogP contribution in [0.2, 0.25) is 5.02 Å². The van der Waals surface area contributed by atoms with Crippen LogP contribution in [0.5, 0.6) is 0 Å². The van der Waals surface area contributed by atoms with Crippen molar-refractivity contribution in [3.8, 4) is 0 Å². The monoisotopic (exact) mass is 433 g/mol. The predicted octanol–water partition coefficient (Wildman–Crippen LogP) is 1.99. The number of aromatic nitrogens is 4. The molecule has 2 atom stereocenters. The Morgan fingerprint density at radius 1 is 1.28 bits per heavy atom. The summed E-state index contributed by atoms with van der Waals surface area (Å²) in [5.74, 6) is -2.85. The molecule has 0 N–H and O–H groups in total. The molecule has 156 valence electrons. The van der Waals surface area contributed by atoms with E-state index < -0.39 is 35.9 Å². The lowest BCUT2D eigenvalue weighted by atomic mass is 9.88. The number of amides is 1. The number of halogens is 5. The Bertz CT molecular complexity index is 981. The number of rotatable bonds is 3. The summed E-state index contributed by atoms with van der Waals surface area (Å²) in [6.07, 6.45) is -5.04. The standard InChI is InChI=1S/C17H16ClF4N5O2/c18-9-1-2-11(23-5-9)8-26-16(29)27-13(24-26)4-3-12(17(20,21)22)14(27)15(28)25-6-10(19)7-25/h1-2,5,10,12,14H,3-4,6-8H2. The average molecular weight is 434 g/mol. The van der Waals surface area contributed by atoms with Crippen molar-refractivity contribution in [2.45, 2.75) is 37.8 Å². The molecule has 0 radical (unpaired) electrons. The predicted molar refractivity (Wildman–Crippen MR) is 93.2 cm³/mol. The SMILES string of the molecule is O=C(C1C(C(F)(F)F)CCc2nn(Cc3ccc(Cl)cn3)c(=O)n21)N1CC(F)C1. The largest absolute Gasteiger partial charge is 0.394 e. The highest BCUT2D eigenvalue weighted by molar-refractivity contribution is 6.30. The lowest BCUT2D eigenvalue weighted by Gasteiger charge is -2.40. The van der Waals surface area contributed by atoms with Crippen molar-refractivity contribution in [3.05, 3.63) is 45.4 Å². The summed E-state index contributed by atoms with van der Waals surface area (Å²) in [5, 5.41) is 4.51. The zero-order valence-electron chi connectivity index (χ0n) is 14.9. The van der Waals surface area contributed by atoms with Crippen LogP contribution in [0.25, 0.3) is 0 Å². The van der Waals surface area contributed by atoms with Gasteiger partial charge in [0, 0.05) is 12.6 Å². The normalized spacial score (nSPS) is 22.3. The molecule has 0 aliphatic carbocycles. The number of hydrogen-bond acceptors (Lipinski definition) is 4. The first kappa shape index (κ1) is 19.9. The summed E-state index contributed by atoms with van der Waals surface area (Å²) in [6, 6.07) is 1.34. The van der Waals surface area contributed by atoms with Gasteiger partial charge in [-0.2, -0.15) is 18.3 Å². The van der Waals surface area contributed by atoms with Gasteiger partial charge in [-0.25, -0.2) is 13.9 Å². The lowest BCUT2D eigenvalue weighted by Crippen LogP contribution is -2.57. The van der Waals surface area contributed by atoms with Crippen molar-refractivity contribution in [2.75, 3.05) is 13.1 Å². The summed E-state index contributed by atoms with van der Waals surface area (Å²) in [4.78, 5) is 30.7. The molecule has 2 unspecified atom stereocenters. The molecule has 4 rings (SSSR count). The Balaban J connectivity index is 1.71. The van der Waals surface area contributed by atoms with Crippen molar-refractivity contribution in [1.29, 1.82) is 0 Å². The molecule has 2 aliphatic heterocycles. The summed E-state index contributed by atoms with van der Waals surface area (Å²) < 4.78 is 55.8. The Morgan fingerprint density at radius 2 is 2.00 bits per heavy atom. The van der Waals surface area contributed by atoms with Gasteiger partial charge in [0.2, 0.25) is 5.91 Å². The Morgan fingerprint density at radius 3 is 2.59 bits per heavy atom. The van der Waals surface area contributed by atoms with Crippen LogP contribution in [-0.2, 0) is 17.8 Å². The number of carbonyl (C=O) groups is 1. The number of fused-ring (bicyclic) bond motifs is 1. The van der Waals surface area contributed by atoms with E-state index in [2.05, 4.69) is 10.1 Å². The van der Waals surface area contributed by atoms with Gasteiger partial charge < -0.3 is 4.90 Å². The Labute approximate surface area is 166 Å². The van der Waals surface area contributed by atoms with Gasteiger partial charge >= 0.3 is 11.9 Å². The van der Waals surface area contributed by atoms with Crippen molar-refractivity contribution >= 4 is 17.5 Å². The van der Waals surface area contributed by atoms with E-state index in [1.54, 1.807) is 12.1 Å². The van der Waals surface area contributed by atoms with Crippen LogP contribution in [0.4, 0.5) is 17.6 Å². The number of carbonyl (C=O) groups excluding carboxylic acids is 1. The highest BCUT2D eigenvalue weighted by Gasteiger charge is 2.53. The van der Waals surface area contributed by atoms with E-state index in [0.29, 0.717) is 10.7 Å². The minimum absolute atomic E-state index is 0.0795. The summed E-state index contributed by atoms with van der Waals surface area (Å²) in [6.45, 7) is -0.622. The van der Waals surface area contributed by atoms with Gasteiger partial charge in [-0.05, 0) is 18.6 Å². The third-order valence-electron chi connectivity index (χ3n) is 5.20. The minimum Gasteiger partial charge on any atom is -0.335 e. The fourth-order valence-corrected chi connectivity index (χ4v) is 3.82. The maximum absolute atomic E-state index is 13.6. The number of alkyl halides is 4. The van der Waals surface area contributed by atoms with E-state index in [9.17, 15) is 27.2 Å². The smallest absolute Gasteiger partial charge is 0.335 e. The zero-order valence-corrected chi connectivity index (χ0v) is 15.7. The number of likely N-dealkylation sites (tertiary alicyclic amines) is 1. The highest BCUT2D eigenvalue weighted by atomic mass is 35.5. The first-order valence-electron chi connectivity index (χ1n) is 8.93. The Hall–Kier alpha value is -2.43. The maximum atomic E-state index is 13.6. The van der Waals surface area contributed by atoms with E-state index in [-0.39, 0.29) is 38.3 Å². The van der Waals surface area contributed by atoms with Gasteiger partial charge in [-0.15, -0.1) is 0 Å². The fraction of sp³-hybridized carbons (Fsp3) is 0.529. The second kappa shape index (κ2) is 7.12. The maximum Gasteiger partial charge on any atom is 0.394 e. The lowest BCUT2D eigenvalue weighted by molar-refractivity contribution is -0.198. The molecule has 12 heteroatoms. The van der Waals surface area contributed by atoms with Crippen molar-refractivity contribution in [2.24, 2.45) is 5.92 Å². The molecule has 29 heavy (non-hydrogen) atoms. The van der Waals surface area contributed by atoms with E-state index in [1.165, 1.54) is 6.20 Å². The molecule has 2 aromatic rings. The molecule has 0 spiro atoms.